The van der Waals surface area contributed by atoms with E-state index in [-0.39, 0.29) is 5.78 Å². The van der Waals surface area contributed by atoms with Crippen molar-refractivity contribution < 1.29 is 9.53 Å². The third kappa shape index (κ3) is 3.42. The van der Waals surface area contributed by atoms with Crippen LogP contribution >= 0.6 is 11.8 Å². The second-order valence-electron chi connectivity index (χ2n) is 4.31. The van der Waals surface area contributed by atoms with Crippen LogP contribution in [0.3, 0.4) is 0 Å². The van der Waals surface area contributed by atoms with Crippen molar-refractivity contribution in [2.45, 2.75) is 24.8 Å². The van der Waals surface area contributed by atoms with Gasteiger partial charge in [-0.25, -0.2) is 0 Å². The van der Waals surface area contributed by atoms with Gasteiger partial charge >= 0.3 is 0 Å². The molecule has 2 rings (SSSR count). The largest absolute Gasteiger partial charge is 0.493 e. The Balaban J connectivity index is 2.10. The molecule has 0 saturated heterocycles. The first-order valence-electron chi connectivity index (χ1n) is 6.57. The number of hydrogen-bond donors (Lipinski definition) is 0. The molecule has 0 saturated carbocycles. The van der Waals surface area contributed by atoms with E-state index in [1.807, 2.05) is 30.3 Å². The van der Waals surface area contributed by atoms with Crippen LogP contribution in [0, 0.1) is 0 Å². The van der Waals surface area contributed by atoms with Crippen molar-refractivity contribution in [3.63, 3.8) is 0 Å². The minimum Gasteiger partial charge on any atom is -0.493 e. The quantitative estimate of drug-likeness (QED) is 0.580. The van der Waals surface area contributed by atoms with Gasteiger partial charge in [-0.1, -0.05) is 25.1 Å². The van der Waals surface area contributed by atoms with Crippen LogP contribution < -0.4 is 4.74 Å². The molecule has 0 unspecified atom stereocenters. The minimum absolute atomic E-state index is 0.0432. The predicted molar refractivity (Wildman–Crippen MR) is 80.6 cm³/mol. The van der Waals surface area contributed by atoms with Crippen LogP contribution in [-0.4, -0.2) is 28.4 Å². The highest BCUT2D eigenvalue weighted by atomic mass is 32.2. The number of Topliss-reactive ketones (excluding diaryl/α,β-unsaturated/α-hetero) is 1. The smallest absolute Gasteiger partial charge is 0.194 e. The topological polar surface area (TPSA) is 44.1 Å². The van der Waals surface area contributed by atoms with Crippen LogP contribution in [0.15, 0.2) is 41.4 Å². The second-order valence-corrected chi connectivity index (χ2v) is 5.36. The van der Waals surface area contributed by atoms with Crippen molar-refractivity contribution in [2.75, 3.05) is 12.9 Å². The molecule has 0 aliphatic rings. The average Bonchev–Trinajstić information content (AvgIpc) is 2.89. The van der Waals surface area contributed by atoms with E-state index in [4.69, 9.17) is 4.74 Å². The summed E-state index contributed by atoms with van der Waals surface area (Å²) in [6.45, 7) is 2.78. The lowest BCUT2D eigenvalue weighted by atomic mass is 10.3. The molecule has 5 heteroatoms. The molecule has 1 aromatic carbocycles. The van der Waals surface area contributed by atoms with Crippen molar-refractivity contribution in [3.05, 3.63) is 42.2 Å². The first-order chi connectivity index (χ1) is 9.76. The van der Waals surface area contributed by atoms with Crippen LogP contribution in [0.1, 0.15) is 23.8 Å². The Kier molecular flexibility index (Phi) is 5.24. The maximum Gasteiger partial charge on any atom is 0.194 e. The molecule has 0 atom stereocenters. The number of thioether (sulfide) groups is 1. The van der Waals surface area contributed by atoms with Gasteiger partial charge in [-0.2, -0.15) is 5.10 Å². The lowest BCUT2D eigenvalue weighted by Crippen LogP contribution is -2.13. The van der Waals surface area contributed by atoms with E-state index in [2.05, 4.69) is 12.0 Å². The molecule has 0 fully saturated rings. The summed E-state index contributed by atoms with van der Waals surface area (Å²) >= 11 is 1.53. The fourth-order valence-corrected chi connectivity index (χ4v) is 2.70. The number of methoxy groups -OCH3 is 1. The molecule has 0 N–H and O–H groups in total. The number of hydrogen-bond acceptors (Lipinski definition) is 4. The predicted octanol–water partition coefficient (Wildman–Crippen LogP) is 3.28. The fourth-order valence-electron chi connectivity index (χ4n) is 1.91. The summed E-state index contributed by atoms with van der Waals surface area (Å²) in [5.74, 6) is 0.981. The van der Waals surface area contributed by atoms with E-state index in [0.29, 0.717) is 17.2 Å². The first-order valence-corrected chi connectivity index (χ1v) is 7.55. The number of benzene rings is 1. The van der Waals surface area contributed by atoms with Gasteiger partial charge in [0.05, 0.1) is 19.1 Å². The Morgan fingerprint density at radius 1 is 1.35 bits per heavy atom. The third-order valence-electron chi connectivity index (χ3n) is 2.84. The number of aromatic nitrogens is 2. The molecule has 2 aromatic rings. The number of aryl methyl sites for hydroxylation is 1. The number of carbonyl (C=O) groups excluding carboxylic acids is 1. The van der Waals surface area contributed by atoms with Crippen molar-refractivity contribution in [1.82, 2.24) is 9.78 Å². The molecule has 0 aliphatic carbocycles. The SMILES string of the molecule is CCCn1ncc(OC)c1C(=O)CSc1ccccc1. The monoisotopic (exact) mass is 290 g/mol. The van der Waals surface area contributed by atoms with Crippen molar-refractivity contribution >= 4 is 17.5 Å². The molecule has 20 heavy (non-hydrogen) atoms. The summed E-state index contributed by atoms with van der Waals surface area (Å²) in [6.07, 6.45) is 2.53. The summed E-state index contributed by atoms with van der Waals surface area (Å²) in [4.78, 5) is 13.5. The Hall–Kier alpha value is -1.75. The van der Waals surface area contributed by atoms with E-state index in [1.54, 1.807) is 18.0 Å². The van der Waals surface area contributed by atoms with E-state index in [0.717, 1.165) is 17.9 Å². The number of ketones is 1. The highest BCUT2D eigenvalue weighted by Crippen LogP contribution is 2.23. The fraction of sp³-hybridized carbons (Fsp3) is 0.333. The Morgan fingerprint density at radius 3 is 2.75 bits per heavy atom. The van der Waals surface area contributed by atoms with Gasteiger partial charge in [0.15, 0.2) is 11.5 Å². The maximum atomic E-state index is 12.4. The van der Waals surface area contributed by atoms with E-state index in [1.165, 1.54) is 11.8 Å². The average molecular weight is 290 g/mol. The highest BCUT2D eigenvalue weighted by molar-refractivity contribution is 8.00. The van der Waals surface area contributed by atoms with Crippen LogP contribution in [-0.2, 0) is 6.54 Å². The number of nitrogens with zero attached hydrogens (tertiary/aromatic N) is 2. The van der Waals surface area contributed by atoms with Gasteiger partial charge in [0.2, 0.25) is 0 Å². The number of ether oxygens (including phenoxy) is 1. The van der Waals surface area contributed by atoms with Crippen LogP contribution in [0.2, 0.25) is 0 Å². The lowest BCUT2D eigenvalue weighted by Gasteiger charge is -2.07. The van der Waals surface area contributed by atoms with Crippen molar-refractivity contribution in [2.24, 2.45) is 0 Å². The minimum atomic E-state index is 0.0432. The molecule has 0 amide bonds. The van der Waals surface area contributed by atoms with Crippen LogP contribution in [0.4, 0.5) is 0 Å². The summed E-state index contributed by atoms with van der Waals surface area (Å²) < 4.78 is 6.96. The van der Waals surface area contributed by atoms with E-state index >= 15 is 0 Å². The van der Waals surface area contributed by atoms with Gasteiger partial charge in [0.25, 0.3) is 0 Å². The summed E-state index contributed by atoms with van der Waals surface area (Å²) in [5.41, 5.74) is 0.567. The highest BCUT2D eigenvalue weighted by Gasteiger charge is 2.19. The van der Waals surface area contributed by atoms with Gasteiger partial charge in [0.1, 0.15) is 5.69 Å². The van der Waals surface area contributed by atoms with Crippen LogP contribution in [0.5, 0.6) is 5.75 Å². The zero-order valence-corrected chi connectivity index (χ0v) is 12.5. The van der Waals surface area contributed by atoms with Crippen LogP contribution in [0.25, 0.3) is 0 Å². The number of carbonyl (C=O) groups is 1. The second kappa shape index (κ2) is 7.14. The molecule has 1 heterocycles. The Bertz CT molecular complexity index is 567. The Morgan fingerprint density at radius 2 is 2.10 bits per heavy atom. The van der Waals surface area contributed by atoms with Gasteiger partial charge in [-0.3, -0.25) is 9.48 Å². The molecule has 0 aliphatic heterocycles. The van der Waals surface area contributed by atoms with Crippen molar-refractivity contribution in [1.29, 1.82) is 0 Å². The van der Waals surface area contributed by atoms with E-state index < -0.39 is 0 Å². The molecule has 106 valence electrons. The standard InChI is InChI=1S/C15H18N2O2S/c1-3-9-17-15(14(19-2)10-16-17)13(18)11-20-12-7-5-4-6-8-12/h4-8,10H,3,9,11H2,1-2H3. The van der Waals surface area contributed by atoms with Gasteiger partial charge in [0, 0.05) is 11.4 Å². The van der Waals surface area contributed by atoms with Gasteiger partial charge in [-0.15, -0.1) is 11.8 Å². The third-order valence-corrected chi connectivity index (χ3v) is 3.85. The first kappa shape index (κ1) is 14.7. The van der Waals surface area contributed by atoms with E-state index in [9.17, 15) is 4.79 Å². The molecular formula is C15H18N2O2S. The normalized spacial score (nSPS) is 10.5. The zero-order chi connectivity index (χ0) is 14.4. The molecule has 4 nitrogen and oxygen atoms in total. The number of rotatable bonds is 7. The van der Waals surface area contributed by atoms with Gasteiger partial charge < -0.3 is 4.74 Å². The molecule has 0 spiro atoms. The Labute approximate surface area is 123 Å². The molecule has 0 bridgehead atoms. The molecule has 0 radical (unpaired) electrons. The zero-order valence-electron chi connectivity index (χ0n) is 11.7. The summed E-state index contributed by atoms with van der Waals surface area (Å²) in [5, 5.41) is 4.21. The maximum absolute atomic E-state index is 12.4. The van der Waals surface area contributed by atoms with Gasteiger partial charge in [-0.05, 0) is 18.6 Å². The summed E-state index contributed by atoms with van der Waals surface area (Å²) in [7, 11) is 1.56. The lowest BCUT2D eigenvalue weighted by molar-refractivity contribution is 0.100. The van der Waals surface area contributed by atoms with Crippen molar-refractivity contribution in [3.8, 4) is 5.75 Å². The summed E-state index contributed by atoms with van der Waals surface area (Å²) in [6, 6.07) is 9.89. The molecule has 1 aromatic heterocycles. The molecular weight excluding hydrogens is 272 g/mol.